The number of anilines is 1. The number of hydrogen-bond donors (Lipinski definition) is 2. The number of fused-ring (bicyclic) bond motifs is 2. The van der Waals surface area contributed by atoms with E-state index in [9.17, 15) is 18.0 Å². The van der Waals surface area contributed by atoms with Gasteiger partial charge in [0, 0.05) is 35.4 Å². The molecule has 1 atom stereocenters. The van der Waals surface area contributed by atoms with Crippen LogP contribution in [0.25, 0.3) is 22.0 Å². The van der Waals surface area contributed by atoms with Crippen LogP contribution in [0, 0.1) is 6.92 Å². The van der Waals surface area contributed by atoms with Crippen molar-refractivity contribution in [3.05, 3.63) is 131 Å². The van der Waals surface area contributed by atoms with Gasteiger partial charge in [0.1, 0.15) is 0 Å². The molecule has 7 heteroatoms. The SMILES string of the molecule is Cc1cccc(C(=O)Nc2ccc3c(c2)C[C@@H](NCc2cnc4ccccc4c2)C3)c1-c1ccc(C(F)(F)F)cc1. The monoisotopic (exact) mass is 551 g/mol. The van der Waals surface area contributed by atoms with E-state index in [1.165, 1.54) is 23.3 Å². The summed E-state index contributed by atoms with van der Waals surface area (Å²) < 4.78 is 39.2. The molecule has 206 valence electrons. The molecule has 0 saturated carbocycles. The Kier molecular flexibility index (Phi) is 7.05. The predicted octanol–water partition coefficient (Wildman–Crippen LogP) is 7.74. The average Bonchev–Trinajstić information content (AvgIpc) is 3.38. The molecule has 0 bridgehead atoms. The van der Waals surface area contributed by atoms with Crippen molar-refractivity contribution in [1.29, 1.82) is 0 Å². The largest absolute Gasteiger partial charge is 0.416 e. The van der Waals surface area contributed by atoms with Gasteiger partial charge in [-0.2, -0.15) is 13.2 Å². The number of para-hydroxylation sites is 1. The molecule has 0 radical (unpaired) electrons. The standard InChI is InChI=1S/C34H28F3N3O/c1-21-5-4-7-30(32(21)23-9-12-27(13-10-23)34(35,36)37)33(41)40-28-14-11-24-16-29(18-26(24)17-28)38-19-22-15-25-6-2-3-8-31(25)39-20-22/h2-15,17,20,29,38H,16,18-19H2,1H3,(H,40,41)/t29-/m0/s1. The van der Waals surface area contributed by atoms with Gasteiger partial charge in [-0.1, -0.05) is 48.5 Å². The minimum Gasteiger partial charge on any atom is -0.322 e. The van der Waals surface area contributed by atoms with E-state index in [0.29, 0.717) is 22.4 Å². The number of aryl methyl sites for hydroxylation is 1. The summed E-state index contributed by atoms with van der Waals surface area (Å²) in [5.41, 5.74) is 6.91. The maximum absolute atomic E-state index is 13.4. The number of carbonyl (C=O) groups excluding carboxylic acids is 1. The number of alkyl halides is 3. The first-order chi connectivity index (χ1) is 19.7. The van der Waals surface area contributed by atoms with E-state index in [4.69, 9.17) is 0 Å². The number of hydrogen-bond acceptors (Lipinski definition) is 3. The van der Waals surface area contributed by atoms with Gasteiger partial charge in [-0.15, -0.1) is 0 Å². The fourth-order valence-corrected chi connectivity index (χ4v) is 5.58. The first-order valence-electron chi connectivity index (χ1n) is 13.5. The second-order valence-corrected chi connectivity index (χ2v) is 10.5. The lowest BCUT2D eigenvalue weighted by molar-refractivity contribution is -0.137. The zero-order valence-electron chi connectivity index (χ0n) is 22.4. The molecule has 5 aromatic rings. The lowest BCUT2D eigenvalue weighted by Crippen LogP contribution is -2.28. The first kappa shape index (κ1) is 26.7. The second-order valence-electron chi connectivity index (χ2n) is 10.5. The highest BCUT2D eigenvalue weighted by Gasteiger charge is 2.30. The Labute approximate surface area is 236 Å². The fraction of sp³-hybridized carbons (Fsp3) is 0.176. The van der Waals surface area contributed by atoms with E-state index < -0.39 is 11.7 Å². The zero-order valence-corrected chi connectivity index (χ0v) is 22.4. The van der Waals surface area contributed by atoms with Crippen LogP contribution in [0.4, 0.5) is 18.9 Å². The number of nitrogens with one attached hydrogen (secondary N) is 2. The van der Waals surface area contributed by atoms with Crippen LogP contribution in [-0.2, 0) is 25.6 Å². The van der Waals surface area contributed by atoms with Gasteiger partial charge in [0.2, 0.25) is 0 Å². The van der Waals surface area contributed by atoms with Crippen LogP contribution in [0.1, 0.15) is 38.2 Å². The molecule has 1 amide bonds. The van der Waals surface area contributed by atoms with Crippen molar-refractivity contribution in [1.82, 2.24) is 10.3 Å². The molecule has 0 spiro atoms. The summed E-state index contributed by atoms with van der Waals surface area (Å²) in [5.74, 6) is -0.306. The summed E-state index contributed by atoms with van der Waals surface area (Å²) >= 11 is 0. The molecule has 1 aliphatic rings. The van der Waals surface area contributed by atoms with Crippen LogP contribution in [0.5, 0.6) is 0 Å². The Morgan fingerprint density at radius 1 is 0.902 bits per heavy atom. The molecule has 0 aliphatic heterocycles. The molecule has 0 unspecified atom stereocenters. The summed E-state index contributed by atoms with van der Waals surface area (Å²) in [6, 6.07) is 26.7. The normalized spacial score (nSPS) is 14.7. The number of aromatic nitrogens is 1. The molecule has 4 aromatic carbocycles. The number of pyridine rings is 1. The summed E-state index contributed by atoms with van der Waals surface area (Å²) in [6.07, 6.45) is -0.753. The van der Waals surface area contributed by atoms with E-state index in [2.05, 4.69) is 33.8 Å². The van der Waals surface area contributed by atoms with Crippen LogP contribution in [-0.4, -0.2) is 16.9 Å². The van der Waals surface area contributed by atoms with Crippen molar-refractivity contribution in [2.75, 3.05) is 5.32 Å². The summed E-state index contributed by atoms with van der Waals surface area (Å²) in [6.45, 7) is 2.57. The van der Waals surface area contributed by atoms with E-state index >= 15 is 0 Å². The third-order valence-corrected chi connectivity index (χ3v) is 7.66. The van der Waals surface area contributed by atoms with Gasteiger partial charge in [-0.05, 0) is 95.6 Å². The summed E-state index contributed by atoms with van der Waals surface area (Å²) in [7, 11) is 0. The maximum atomic E-state index is 13.4. The van der Waals surface area contributed by atoms with Crippen LogP contribution in [0.3, 0.4) is 0 Å². The van der Waals surface area contributed by atoms with Crippen LogP contribution < -0.4 is 10.6 Å². The fourth-order valence-electron chi connectivity index (χ4n) is 5.58. The quantitative estimate of drug-likeness (QED) is 0.227. The van der Waals surface area contributed by atoms with Crippen molar-refractivity contribution in [3.63, 3.8) is 0 Å². The van der Waals surface area contributed by atoms with Gasteiger partial charge in [-0.25, -0.2) is 0 Å². The number of halogens is 3. The highest BCUT2D eigenvalue weighted by molar-refractivity contribution is 6.09. The molecule has 2 N–H and O–H groups in total. The van der Waals surface area contributed by atoms with Crippen molar-refractivity contribution in [3.8, 4) is 11.1 Å². The van der Waals surface area contributed by atoms with Gasteiger partial charge < -0.3 is 10.6 Å². The molecule has 0 fully saturated rings. The van der Waals surface area contributed by atoms with Gasteiger partial charge in [0.15, 0.2) is 0 Å². The second kappa shape index (κ2) is 10.8. The third-order valence-electron chi connectivity index (χ3n) is 7.66. The highest BCUT2D eigenvalue weighted by Crippen LogP contribution is 2.34. The molecule has 4 nitrogen and oxygen atoms in total. The van der Waals surface area contributed by atoms with Gasteiger partial charge in [0.05, 0.1) is 11.1 Å². The molecule has 41 heavy (non-hydrogen) atoms. The Bertz CT molecular complexity index is 1750. The first-order valence-corrected chi connectivity index (χ1v) is 13.5. The summed E-state index contributed by atoms with van der Waals surface area (Å²) in [4.78, 5) is 17.9. The molecule has 1 heterocycles. The topological polar surface area (TPSA) is 54.0 Å². The lowest BCUT2D eigenvalue weighted by Gasteiger charge is -2.15. The van der Waals surface area contributed by atoms with Gasteiger partial charge >= 0.3 is 6.18 Å². The van der Waals surface area contributed by atoms with Crippen LogP contribution >= 0.6 is 0 Å². The zero-order chi connectivity index (χ0) is 28.6. The molecule has 1 aliphatic carbocycles. The van der Waals surface area contributed by atoms with E-state index in [1.807, 2.05) is 49.5 Å². The number of benzene rings is 4. The average molecular weight is 552 g/mol. The number of amides is 1. The Balaban J connectivity index is 1.14. The smallest absolute Gasteiger partial charge is 0.322 e. The van der Waals surface area contributed by atoms with Crippen LogP contribution in [0.15, 0.2) is 97.2 Å². The number of nitrogens with zero attached hydrogens (tertiary/aromatic N) is 1. The third kappa shape index (κ3) is 5.72. The Morgan fingerprint density at radius 3 is 2.49 bits per heavy atom. The molecule has 0 saturated heterocycles. The summed E-state index contributed by atoms with van der Waals surface area (Å²) in [5, 5.41) is 7.77. The number of rotatable bonds is 6. The minimum absolute atomic E-state index is 0.283. The van der Waals surface area contributed by atoms with Gasteiger partial charge in [-0.3, -0.25) is 9.78 Å². The predicted molar refractivity (Wildman–Crippen MR) is 156 cm³/mol. The maximum Gasteiger partial charge on any atom is 0.416 e. The Hall–Kier alpha value is -4.49. The minimum atomic E-state index is -4.42. The van der Waals surface area contributed by atoms with Crippen LogP contribution in [0.2, 0.25) is 0 Å². The number of carbonyl (C=O) groups is 1. The lowest BCUT2D eigenvalue weighted by atomic mass is 9.93. The van der Waals surface area contributed by atoms with Crippen molar-refractivity contribution < 1.29 is 18.0 Å². The molecular formula is C34H28F3N3O. The molecule has 6 rings (SSSR count). The van der Waals surface area contributed by atoms with E-state index in [-0.39, 0.29) is 11.9 Å². The van der Waals surface area contributed by atoms with Crippen molar-refractivity contribution in [2.24, 2.45) is 0 Å². The van der Waals surface area contributed by atoms with E-state index in [0.717, 1.165) is 53.5 Å². The Morgan fingerprint density at radius 2 is 1.68 bits per heavy atom. The molecular weight excluding hydrogens is 523 g/mol. The molecule has 1 aromatic heterocycles. The van der Waals surface area contributed by atoms with Gasteiger partial charge in [0.25, 0.3) is 5.91 Å². The van der Waals surface area contributed by atoms with Crippen molar-refractivity contribution in [2.45, 2.75) is 38.5 Å². The highest BCUT2D eigenvalue weighted by atomic mass is 19.4. The van der Waals surface area contributed by atoms with Crippen molar-refractivity contribution >= 4 is 22.5 Å². The van der Waals surface area contributed by atoms with E-state index in [1.54, 1.807) is 12.1 Å².